The van der Waals surface area contributed by atoms with Crippen molar-refractivity contribution in [2.75, 3.05) is 23.7 Å². The second kappa shape index (κ2) is 11.8. The van der Waals surface area contributed by atoms with E-state index < -0.39 is 28.1 Å². The Labute approximate surface area is 255 Å². The standard InChI is InChI=1S/C31H36N6O6S/c1-18(2)30-34-28-26(36(30)17-20-5-6-21-7-8-22(29(33)38)14-23(21)13-20)15-25(16-27(28)43-31(39)40)37(44(4,41)42)24-9-11-35(12-10-24)19(3)32/h5-8,13-16,18,24,32H,9-12,17H2,1-4H3,(H2,33,38)(H,39,40). The van der Waals surface area contributed by atoms with Crippen LogP contribution in [0.2, 0.25) is 0 Å². The van der Waals surface area contributed by atoms with Gasteiger partial charge in [-0.15, -0.1) is 0 Å². The summed E-state index contributed by atoms with van der Waals surface area (Å²) >= 11 is 0. The van der Waals surface area contributed by atoms with Crippen molar-refractivity contribution < 1.29 is 27.9 Å². The third-order valence-electron chi connectivity index (χ3n) is 7.96. The second-order valence-electron chi connectivity index (χ2n) is 11.5. The Balaban J connectivity index is 1.66. The van der Waals surface area contributed by atoms with Gasteiger partial charge in [0, 0.05) is 43.2 Å². The fourth-order valence-corrected chi connectivity index (χ4v) is 7.18. The maximum atomic E-state index is 13.3. The molecule has 4 N–H and O–H groups in total. The van der Waals surface area contributed by atoms with E-state index in [2.05, 4.69) is 0 Å². The first-order chi connectivity index (χ1) is 20.7. The maximum Gasteiger partial charge on any atom is 0.511 e. The first-order valence-electron chi connectivity index (χ1n) is 14.3. The number of carboxylic acid groups (broad SMARTS) is 1. The molecule has 1 aliphatic rings. The van der Waals surface area contributed by atoms with Crippen LogP contribution in [0.15, 0.2) is 48.5 Å². The summed E-state index contributed by atoms with van der Waals surface area (Å²) < 4.78 is 35.0. The van der Waals surface area contributed by atoms with Gasteiger partial charge in [0.25, 0.3) is 0 Å². The number of carbonyl (C=O) groups is 2. The summed E-state index contributed by atoms with van der Waals surface area (Å²) in [7, 11) is -3.80. The van der Waals surface area contributed by atoms with Gasteiger partial charge in [0.2, 0.25) is 15.9 Å². The molecule has 0 spiro atoms. The molecule has 4 aromatic rings. The fraction of sp³-hybridized carbons (Fsp3) is 0.355. The average Bonchev–Trinajstić information content (AvgIpc) is 3.30. The largest absolute Gasteiger partial charge is 0.511 e. The van der Waals surface area contributed by atoms with Gasteiger partial charge in [-0.1, -0.05) is 32.0 Å². The van der Waals surface area contributed by atoms with Crippen molar-refractivity contribution in [3.63, 3.8) is 0 Å². The van der Waals surface area contributed by atoms with E-state index >= 15 is 0 Å². The van der Waals surface area contributed by atoms with Crippen LogP contribution in [0.5, 0.6) is 5.75 Å². The predicted octanol–water partition coefficient (Wildman–Crippen LogP) is 4.74. The minimum Gasteiger partial charge on any atom is -0.449 e. The molecule has 1 fully saturated rings. The zero-order valence-corrected chi connectivity index (χ0v) is 25.9. The molecule has 5 rings (SSSR count). The van der Waals surface area contributed by atoms with Gasteiger partial charge in [0.1, 0.15) is 11.3 Å². The Morgan fingerprint density at radius 3 is 2.39 bits per heavy atom. The number of amides is 1. The SMILES string of the molecule is CC(=N)N1CCC(N(c2cc(OC(=O)O)c3nc(C(C)C)n(Cc4ccc5ccc(C(N)=O)cc5c4)c3c2)S(C)(=O)=O)CC1. The highest BCUT2D eigenvalue weighted by atomic mass is 32.2. The molecule has 3 aromatic carbocycles. The van der Waals surface area contributed by atoms with E-state index in [-0.39, 0.29) is 17.4 Å². The first-order valence-corrected chi connectivity index (χ1v) is 16.1. The molecule has 0 saturated carbocycles. The molecule has 0 atom stereocenters. The van der Waals surface area contributed by atoms with Crippen LogP contribution in [-0.2, 0) is 16.6 Å². The predicted molar refractivity (Wildman–Crippen MR) is 169 cm³/mol. The summed E-state index contributed by atoms with van der Waals surface area (Å²) in [5.41, 5.74) is 7.89. The zero-order chi connectivity index (χ0) is 31.9. The summed E-state index contributed by atoms with van der Waals surface area (Å²) in [5.74, 6) is 0.450. The van der Waals surface area contributed by atoms with Crippen LogP contribution < -0.4 is 14.8 Å². The number of nitrogens with one attached hydrogen (secondary N) is 1. The number of aromatic nitrogens is 2. The van der Waals surface area contributed by atoms with E-state index in [0.29, 0.717) is 60.7 Å². The van der Waals surface area contributed by atoms with Crippen LogP contribution in [0.1, 0.15) is 61.3 Å². The number of hydrogen-bond acceptors (Lipinski definition) is 7. The average molecular weight is 621 g/mol. The molecular formula is C31H36N6O6S. The highest BCUT2D eigenvalue weighted by molar-refractivity contribution is 7.92. The minimum atomic E-state index is -3.80. The van der Waals surface area contributed by atoms with E-state index in [0.717, 1.165) is 22.6 Å². The van der Waals surface area contributed by atoms with Gasteiger partial charge < -0.3 is 25.0 Å². The first kappa shape index (κ1) is 30.8. The quantitative estimate of drug-likeness (QED) is 0.110. The van der Waals surface area contributed by atoms with Crippen molar-refractivity contribution in [3.05, 3.63) is 65.5 Å². The molecule has 0 unspecified atom stereocenters. The molecule has 1 amide bonds. The number of piperidine rings is 1. The summed E-state index contributed by atoms with van der Waals surface area (Å²) in [4.78, 5) is 30.2. The van der Waals surface area contributed by atoms with Gasteiger partial charge in [0.15, 0.2) is 5.75 Å². The number of imidazole rings is 1. The van der Waals surface area contributed by atoms with Crippen molar-refractivity contribution in [2.45, 2.75) is 52.1 Å². The van der Waals surface area contributed by atoms with Crippen molar-refractivity contribution in [3.8, 4) is 5.75 Å². The molecule has 0 bridgehead atoms. The zero-order valence-electron chi connectivity index (χ0n) is 25.1. The van der Waals surface area contributed by atoms with Crippen molar-refractivity contribution in [1.82, 2.24) is 14.5 Å². The van der Waals surface area contributed by atoms with E-state index in [9.17, 15) is 23.1 Å². The highest BCUT2D eigenvalue weighted by Crippen LogP contribution is 2.37. The van der Waals surface area contributed by atoms with Gasteiger partial charge in [-0.25, -0.2) is 18.2 Å². The van der Waals surface area contributed by atoms with Crippen LogP contribution in [0.25, 0.3) is 21.8 Å². The van der Waals surface area contributed by atoms with Crippen LogP contribution in [0.4, 0.5) is 10.5 Å². The van der Waals surface area contributed by atoms with Gasteiger partial charge in [-0.05, 0) is 60.4 Å². The topological polar surface area (TPSA) is 172 Å². The number of ether oxygens (including phenoxy) is 1. The number of anilines is 1. The van der Waals surface area contributed by atoms with Crippen LogP contribution in [0, 0.1) is 5.41 Å². The third-order valence-corrected chi connectivity index (χ3v) is 9.18. The lowest BCUT2D eigenvalue weighted by atomic mass is 10.0. The van der Waals surface area contributed by atoms with Crippen LogP contribution in [0.3, 0.4) is 0 Å². The monoisotopic (exact) mass is 620 g/mol. The smallest absolute Gasteiger partial charge is 0.449 e. The van der Waals surface area contributed by atoms with E-state index in [1.807, 2.05) is 47.6 Å². The van der Waals surface area contributed by atoms with E-state index in [1.54, 1.807) is 25.1 Å². The summed E-state index contributed by atoms with van der Waals surface area (Å²) in [6, 6.07) is 13.9. The maximum absolute atomic E-state index is 13.3. The number of rotatable bonds is 8. The molecule has 232 valence electrons. The van der Waals surface area contributed by atoms with Crippen LogP contribution >= 0.6 is 0 Å². The number of hydrogen-bond donors (Lipinski definition) is 3. The molecular weight excluding hydrogens is 584 g/mol. The Bertz CT molecular complexity index is 1890. The van der Waals surface area contributed by atoms with Crippen molar-refractivity contribution in [1.29, 1.82) is 5.41 Å². The lowest BCUT2D eigenvalue weighted by molar-refractivity contribution is 0.1000. The molecule has 0 radical (unpaired) electrons. The van der Waals surface area contributed by atoms with Gasteiger partial charge in [-0.3, -0.25) is 14.5 Å². The van der Waals surface area contributed by atoms with Crippen molar-refractivity contribution >= 4 is 55.4 Å². The number of fused-ring (bicyclic) bond motifs is 2. The van der Waals surface area contributed by atoms with E-state index in [4.69, 9.17) is 20.9 Å². The van der Waals surface area contributed by atoms with E-state index in [1.165, 1.54) is 10.4 Å². The summed E-state index contributed by atoms with van der Waals surface area (Å²) in [6.45, 7) is 7.04. The number of nitrogens with two attached hydrogens (primary N) is 1. The molecule has 2 heterocycles. The Kier molecular flexibility index (Phi) is 8.25. The van der Waals surface area contributed by atoms with Gasteiger partial charge >= 0.3 is 6.16 Å². The Morgan fingerprint density at radius 2 is 1.80 bits per heavy atom. The Morgan fingerprint density at radius 1 is 1.11 bits per heavy atom. The number of primary amides is 1. The molecule has 13 heteroatoms. The number of amidine groups is 1. The number of carbonyl (C=O) groups excluding carboxylic acids is 1. The third kappa shape index (κ3) is 6.18. The number of sulfonamides is 1. The molecule has 1 saturated heterocycles. The lowest BCUT2D eigenvalue weighted by Crippen LogP contribution is -2.48. The number of likely N-dealkylation sites (tertiary alicyclic amines) is 1. The minimum absolute atomic E-state index is 0.0586. The van der Waals surface area contributed by atoms with Gasteiger partial charge in [0.05, 0.1) is 23.3 Å². The lowest BCUT2D eigenvalue weighted by Gasteiger charge is -2.38. The number of benzene rings is 3. The summed E-state index contributed by atoms with van der Waals surface area (Å²) in [6.07, 6.45) is 0.592. The van der Waals surface area contributed by atoms with Gasteiger partial charge in [-0.2, -0.15) is 0 Å². The molecule has 1 aliphatic heterocycles. The molecule has 1 aromatic heterocycles. The molecule has 0 aliphatic carbocycles. The molecule has 44 heavy (non-hydrogen) atoms. The fourth-order valence-electron chi connectivity index (χ4n) is 5.94. The highest BCUT2D eigenvalue weighted by Gasteiger charge is 2.32. The normalized spacial score (nSPS) is 14.3. The van der Waals surface area contributed by atoms with Crippen molar-refractivity contribution in [2.24, 2.45) is 5.73 Å². The summed E-state index contributed by atoms with van der Waals surface area (Å²) in [5, 5.41) is 19.3. The van der Waals surface area contributed by atoms with Crippen LogP contribution in [-0.4, -0.2) is 71.3 Å². The molecule has 12 nitrogen and oxygen atoms in total. The number of nitrogens with zero attached hydrogens (tertiary/aromatic N) is 4. The second-order valence-corrected chi connectivity index (χ2v) is 13.4. The Hall–Kier alpha value is -4.65.